The summed E-state index contributed by atoms with van der Waals surface area (Å²) in [5.74, 6) is -0.748. The summed E-state index contributed by atoms with van der Waals surface area (Å²) in [4.78, 5) is 36.2. The molecule has 7 unspecified atom stereocenters. The van der Waals surface area contributed by atoms with Crippen molar-refractivity contribution in [2.45, 2.75) is 53.1 Å². The van der Waals surface area contributed by atoms with E-state index in [0.29, 0.717) is 5.92 Å². The zero-order valence-electron chi connectivity index (χ0n) is 14.5. The third-order valence-electron chi connectivity index (χ3n) is 5.98. The number of carbonyl (C=O) groups excluding carboxylic acids is 3. The van der Waals surface area contributed by atoms with Crippen LogP contribution in [0, 0.1) is 41.4 Å². The van der Waals surface area contributed by atoms with E-state index in [-0.39, 0.29) is 47.4 Å². The van der Waals surface area contributed by atoms with E-state index in [0.717, 1.165) is 12.8 Å². The predicted octanol–water partition coefficient (Wildman–Crippen LogP) is 2.57. The molecule has 2 saturated carbocycles. The fourth-order valence-electron chi connectivity index (χ4n) is 5.09. The second-order valence-electron chi connectivity index (χ2n) is 8.53. The van der Waals surface area contributed by atoms with Crippen molar-refractivity contribution in [2.24, 2.45) is 41.4 Å². The number of ether oxygens (including phenoxy) is 2. The standard InChI is InChI=1S/C18H26O5/c1-8-11-6-10(7-12(11)16(20)23-18(3,4)5)13(8)14-9(2)15(19)22-17(14)21/h8-14H,6-7H2,1-5H3. The van der Waals surface area contributed by atoms with Crippen molar-refractivity contribution in [3.05, 3.63) is 0 Å². The third-order valence-corrected chi connectivity index (χ3v) is 5.98. The van der Waals surface area contributed by atoms with Gasteiger partial charge < -0.3 is 9.47 Å². The Morgan fingerprint density at radius 2 is 1.78 bits per heavy atom. The van der Waals surface area contributed by atoms with E-state index in [9.17, 15) is 14.4 Å². The number of esters is 3. The Bertz CT molecular complexity index is 544. The number of cyclic esters (lactones) is 2. The number of hydrogen-bond acceptors (Lipinski definition) is 5. The SMILES string of the molecule is CC1C(=O)OC(=O)C1C1C2CC(C(=O)OC(C)(C)C)C(C2)C1C. The average molecular weight is 322 g/mol. The fraction of sp³-hybridized carbons (Fsp3) is 0.833. The lowest BCUT2D eigenvalue weighted by molar-refractivity contribution is -0.163. The van der Waals surface area contributed by atoms with Gasteiger partial charge >= 0.3 is 17.9 Å². The summed E-state index contributed by atoms with van der Waals surface area (Å²) in [7, 11) is 0. The lowest BCUT2D eigenvalue weighted by Gasteiger charge is -2.36. The molecule has 5 heteroatoms. The van der Waals surface area contributed by atoms with Crippen LogP contribution in [0.25, 0.3) is 0 Å². The number of hydrogen-bond donors (Lipinski definition) is 0. The molecule has 0 aromatic heterocycles. The van der Waals surface area contributed by atoms with Crippen LogP contribution in [-0.2, 0) is 23.9 Å². The van der Waals surface area contributed by atoms with Crippen LogP contribution in [0.15, 0.2) is 0 Å². The van der Waals surface area contributed by atoms with Crippen LogP contribution in [-0.4, -0.2) is 23.5 Å². The van der Waals surface area contributed by atoms with Crippen molar-refractivity contribution < 1.29 is 23.9 Å². The molecule has 0 spiro atoms. The van der Waals surface area contributed by atoms with Crippen LogP contribution in [0.3, 0.4) is 0 Å². The minimum Gasteiger partial charge on any atom is -0.460 e. The van der Waals surface area contributed by atoms with Gasteiger partial charge in [0.15, 0.2) is 0 Å². The van der Waals surface area contributed by atoms with Gasteiger partial charge in [-0.1, -0.05) is 13.8 Å². The molecule has 128 valence electrons. The molecule has 2 bridgehead atoms. The van der Waals surface area contributed by atoms with Crippen LogP contribution >= 0.6 is 0 Å². The van der Waals surface area contributed by atoms with Gasteiger partial charge in [0, 0.05) is 0 Å². The minimum absolute atomic E-state index is 0.0751. The highest BCUT2D eigenvalue weighted by Gasteiger charge is 2.60. The van der Waals surface area contributed by atoms with Crippen molar-refractivity contribution in [2.75, 3.05) is 0 Å². The molecule has 3 fully saturated rings. The van der Waals surface area contributed by atoms with Crippen LogP contribution in [0.4, 0.5) is 0 Å². The summed E-state index contributed by atoms with van der Waals surface area (Å²) in [6, 6.07) is 0. The summed E-state index contributed by atoms with van der Waals surface area (Å²) in [5, 5.41) is 0. The molecule has 5 nitrogen and oxygen atoms in total. The molecule has 1 aliphatic heterocycles. The number of fused-ring (bicyclic) bond motifs is 2. The Morgan fingerprint density at radius 3 is 2.26 bits per heavy atom. The average Bonchev–Trinajstić information content (AvgIpc) is 3.03. The predicted molar refractivity (Wildman–Crippen MR) is 82.0 cm³/mol. The zero-order chi connectivity index (χ0) is 17.1. The van der Waals surface area contributed by atoms with Gasteiger partial charge in [-0.2, -0.15) is 0 Å². The summed E-state index contributed by atoms with van der Waals surface area (Å²) in [6.45, 7) is 9.53. The topological polar surface area (TPSA) is 69.7 Å². The normalized spacial score (nSPS) is 42.9. The van der Waals surface area contributed by atoms with Gasteiger partial charge in [0.1, 0.15) is 5.60 Å². The second-order valence-corrected chi connectivity index (χ2v) is 8.53. The summed E-state index contributed by atoms with van der Waals surface area (Å²) >= 11 is 0. The van der Waals surface area contributed by atoms with E-state index in [1.807, 2.05) is 20.8 Å². The van der Waals surface area contributed by atoms with Crippen molar-refractivity contribution >= 4 is 17.9 Å². The maximum absolute atomic E-state index is 12.4. The molecule has 0 amide bonds. The molecule has 23 heavy (non-hydrogen) atoms. The Morgan fingerprint density at radius 1 is 1.13 bits per heavy atom. The number of carbonyl (C=O) groups is 3. The van der Waals surface area contributed by atoms with E-state index in [2.05, 4.69) is 6.92 Å². The first kappa shape index (κ1) is 16.5. The quantitative estimate of drug-likeness (QED) is 0.577. The Balaban J connectivity index is 1.74. The van der Waals surface area contributed by atoms with Gasteiger partial charge in [-0.25, -0.2) is 0 Å². The lowest BCUT2D eigenvalue weighted by atomic mass is 9.67. The third kappa shape index (κ3) is 2.68. The Labute approximate surface area is 137 Å². The van der Waals surface area contributed by atoms with Crippen molar-refractivity contribution in [1.82, 2.24) is 0 Å². The molecule has 1 saturated heterocycles. The molecule has 0 aromatic carbocycles. The molecule has 3 rings (SSSR count). The second kappa shape index (κ2) is 5.32. The molecular formula is C18H26O5. The fourth-order valence-corrected chi connectivity index (χ4v) is 5.09. The van der Waals surface area contributed by atoms with Gasteiger partial charge in [-0.05, 0) is 57.3 Å². The monoisotopic (exact) mass is 322 g/mol. The molecule has 1 heterocycles. The van der Waals surface area contributed by atoms with Crippen molar-refractivity contribution in [1.29, 1.82) is 0 Å². The number of rotatable bonds is 2. The molecule has 7 atom stereocenters. The van der Waals surface area contributed by atoms with Crippen LogP contribution in [0.5, 0.6) is 0 Å². The zero-order valence-corrected chi connectivity index (χ0v) is 14.5. The first-order chi connectivity index (χ1) is 10.6. The molecule has 3 aliphatic rings. The van der Waals surface area contributed by atoms with Crippen LogP contribution in [0.1, 0.15) is 47.5 Å². The Kier molecular flexibility index (Phi) is 3.81. The molecule has 2 aliphatic carbocycles. The smallest absolute Gasteiger partial charge is 0.317 e. The van der Waals surface area contributed by atoms with Gasteiger partial charge in [0.2, 0.25) is 0 Å². The lowest BCUT2D eigenvalue weighted by Crippen LogP contribution is -2.39. The highest BCUT2D eigenvalue weighted by molar-refractivity contribution is 5.96. The maximum Gasteiger partial charge on any atom is 0.317 e. The van der Waals surface area contributed by atoms with Gasteiger partial charge in [-0.15, -0.1) is 0 Å². The first-order valence-corrected chi connectivity index (χ1v) is 8.58. The van der Waals surface area contributed by atoms with E-state index >= 15 is 0 Å². The van der Waals surface area contributed by atoms with Crippen LogP contribution in [0.2, 0.25) is 0 Å². The summed E-state index contributed by atoms with van der Waals surface area (Å²) < 4.78 is 10.4. The minimum atomic E-state index is -0.474. The molecule has 0 N–H and O–H groups in total. The largest absolute Gasteiger partial charge is 0.460 e. The highest BCUT2D eigenvalue weighted by atomic mass is 16.6. The van der Waals surface area contributed by atoms with Crippen LogP contribution < -0.4 is 0 Å². The van der Waals surface area contributed by atoms with Crippen molar-refractivity contribution in [3.8, 4) is 0 Å². The highest BCUT2D eigenvalue weighted by Crippen LogP contribution is 2.59. The Hall–Kier alpha value is -1.39. The molecule has 0 radical (unpaired) electrons. The first-order valence-electron chi connectivity index (χ1n) is 8.58. The van der Waals surface area contributed by atoms with Gasteiger partial charge in [0.25, 0.3) is 0 Å². The molecule has 0 aromatic rings. The summed E-state index contributed by atoms with van der Waals surface area (Å²) in [5.41, 5.74) is -0.474. The molecular weight excluding hydrogens is 296 g/mol. The van der Waals surface area contributed by atoms with Crippen molar-refractivity contribution in [3.63, 3.8) is 0 Å². The van der Waals surface area contributed by atoms with E-state index in [1.165, 1.54) is 0 Å². The van der Waals surface area contributed by atoms with Gasteiger partial charge in [-0.3, -0.25) is 14.4 Å². The summed E-state index contributed by atoms with van der Waals surface area (Å²) in [6.07, 6.45) is 1.71. The van der Waals surface area contributed by atoms with Gasteiger partial charge in [0.05, 0.1) is 17.8 Å². The van der Waals surface area contributed by atoms with E-state index in [4.69, 9.17) is 9.47 Å². The maximum atomic E-state index is 12.4. The van der Waals surface area contributed by atoms with E-state index in [1.54, 1.807) is 6.92 Å². The van der Waals surface area contributed by atoms with E-state index < -0.39 is 11.6 Å².